The summed E-state index contributed by atoms with van der Waals surface area (Å²) in [5.74, 6) is 0.0348. The number of aromatic nitrogens is 1. The summed E-state index contributed by atoms with van der Waals surface area (Å²) in [7, 11) is 0. The summed E-state index contributed by atoms with van der Waals surface area (Å²) in [4.78, 5) is 29.4. The smallest absolute Gasteiger partial charge is 0.253 e. The van der Waals surface area contributed by atoms with Crippen molar-refractivity contribution in [3.63, 3.8) is 0 Å². The van der Waals surface area contributed by atoms with Crippen molar-refractivity contribution in [2.45, 2.75) is 33.4 Å². The average Bonchev–Trinajstić information content (AvgIpc) is 2.62. The number of rotatable bonds is 5. The highest BCUT2D eigenvalue weighted by Crippen LogP contribution is 2.15. The van der Waals surface area contributed by atoms with E-state index in [1.165, 1.54) is 0 Å². The lowest BCUT2D eigenvalue weighted by molar-refractivity contribution is -0.132. The minimum Gasteiger partial charge on any atom is -0.334 e. The van der Waals surface area contributed by atoms with Gasteiger partial charge in [-0.15, -0.1) is 0 Å². The second-order valence-electron chi connectivity index (χ2n) is 6.30. The van der Waals surface area contributed by atoms with E-state index >= 15 is 0 Å². The number of carbonyl (C=O) groups excluding carboxylic acids is 1. The van der Waals surface area contributed by atoms with Crippen molar-refractivity contribution in [1.29, 1.82) is 0 Å². The maximum atomic E-state index is 12.4. The summed E-state index contributed by atoms with van der Waals surface area (Å²) in [6.45, 7) is 4.67. The molecular formula is C21H22N2O2. The fraction of sp³-hybridized carbons (Fsp3) is 0.238. The average molecular weight is 334 g/mol. The molecular weight excluding hydrogens is 312 g/mol. The number of aromatic amines is 1. The molecule has 1 N–H and O–H groups in total. The van der Waals surface area contributed by atoms with Crippen molar-refractivity contribution in [2.75, 3.05) is 0 Å². The van der Waals surface area contributed by atoms with Gasteiger partial charge in [0.2, 0.25) is 5.91 Å². The quantitative estimate of drug-likeness (QED) is 0.772. The van der Waals surface area contributed by atoms with Crippen LogP contribution in [-0.4, -0.2) is 15.8 Å². The molecule has 0 aliphatic rings. The van der Waals surface area contributed by atoms with Gasteiger partial charge >= 0.3 is 0 Å². The summed E-state index contributed by atoms with van der Waals surface area (Å²) in [5.41, 5.74) is 3.47. The first-order chi connectivity index (χ1) is 12.1. The van der Waals surface area contributed by atoms with Gasteiger partial charge in [-0.1, -0.05) is 48.9 Å². The van der Waals surface area contributed by atoms with Crippen LogP contribution in [-0.2, 0) is 17.9 Å². The van der Waals surface area contributed by atoms with Gasteiger partial charge in [0.25, 0.3) is 5.56 Å². The number of fused-ring (bicyclic) bond motifs is 1. The van der Waals surface area contributed by atoms with E-state index in [0.717, 1.165) is 22.0 Å². The van der Waals surface area contributed by atoms with Crippen LogP contribution in [0.15, 0.2) is 59.4 Å². The minimum absolute atomic E-state index is 0.0348. The molecule has 4 nitrogen and oxygen atoms in total. The summed E-state index contributed by atoms with van der Waals surface area (Å²) in [5, 5.41) is 0.984. The number of H-pyrrole nitrogens is 1. The predicted octanol–water partition coefficient (Wildman–Crippen LogP) is 3.78. The van der Waals surface area contributed by atoms with E-state index in [4.69, 9.17) is 0 Å². The molecule has 1 aromatic heterocycles. The van der Waals surface area contributed by atoms with E-state index in [9.17, 15) is 9.59 Å². The highest BCUT2D eigenvalue weighted by atomic mass is 16.2. The molecule has 0 saturated heterocycles. The second-order valence-corrected chi connectivity index (χ2v) is 6.30. The molecule has 0 spiro atoms. The van der Waals surface area contributed by atoms with E-state index in [0.29, 0.717) is 25.1 Å². The zero-order valence-corrected chi connectivity index (χ0v) is 14.6. The monoisotopic (exact) mass is 334 g/mol. The van der Waals surface area contributed by atoms with Crippen LogP contribution in [0.4, 0.5) is 0 Å². The predicted molar refractivity (Wildman–Crippen MR) is 100 cm³/mol. The Labute approximate surface area is 147 Å². The zero-order chi connectivity index (χ0) is 17.8. The van der Waals surface area contributed by atoms with Crippen molar-refractivity contribution in [1.82, 2.24) is 9.88 Å². The summed E-state index contributed by atoms with van der Waals surface area (Å²) in [6, 6.07) is 17.7. The minimum atomic E-state index is -0.140. The van der Waals surface area contributed by atoms with E-state index in [1.54, 1.807) is 4.90 Å². The number of aryl methyl sites for hydroxylation is 1. The van der Waals surface area contributed by atoms with E-state index in [-0.39, 0.29) is 11.5 Å². The molecule has 0 radical (unpaired) electrons. The van der Waals surface area contributed by atoms with Crippen LogP contribution in [0.25, 0.3) is 10.9 Å². The van der Waals surface area contributed by atoms with Crippen LogP contribution in [0.3, 0.4) is 0 Å². The standard InChI is InChI=1S/C21H22N2O2/c1-3-20(24)23(13-16-7-5-4-6-8-16)14-18-12-17-11-15(2)9-10-19(17)22-21(18)25/h4-12H,3,13-14H2,1-2H3,(H,22,25). The van der Waals surface area contributed by atoms with Crippen molar-refractivity contribution >= 4 is 16.8 Å². The summed E-state index contributed by atoms with van der Waals surface area (Å²) >= 11 is 0. The lowest BCUT2D eigenvalue weighted by atomic mass is 10.1. The van der Waals surface area contributed by atoms with Gasteiger partial charge in [-0.25, -0.2) is 0 Å². The van der Waals surface area contributed by atoms with Gasteiger partial charge in [-0.05, 0) is 36.1 Å². The third kappa shape index (κ3) is 3.97. The van der Waals surface area contributed by atoms with Crippen LogP contribution >= 0.6 is 0 Å². The molecule has 25 heavy (non-hydrogen) atoms. The van der Waals surface area contributed by atoms with Crippen LogP contribution in [0.1, 0.15) is 30.0 Å². The molecule has 0 bridgehead atoms. The molecule has 1 heterocycles. The topological polar surface area (TPSA) is 53.2 Å². The number of carbonyl (C=O) groups is 1. The Bertz CT molecular complexity index is 945. The van der Waals surface area contributed by atoms with Crippen molar-refractivity contribution < 1.29 is 4.79 Å². The Morgan fingerprint density at radius 1 is 1.04 bits per heavy atom. The normalized spacial score (nSPS) is 10.8. The largest absolute Gasteiger partial charge is 0.334 e. The van der Waals surface area contributed by atoms with E-state index < -0.39 is 0 Å². The molecule has 4 heteroatoms. The lowest BCUT2D eigenvalue weighted by Crippen LogP contribution is -2.31. The lowest BCUT2D eigenvalue weighted by Gasteiger charge is -2.22. The highest BCUT2D eigenvalue weighted by Gasteiger charge is 2.15. The maximum Gasteiger partial charge on any atom is 0.253 e. The molecule has 0 aliphatic carbocycles. The summed E-state index contributed by atoms with van der Waals surface area (Å²) < 4.78 is 0. The number of nitrogens with zero attached hydrogens (tertiary/aromatic N) is 1. The van der Waals surface area contributed by atoms with Crippen LogP contribution in [0.5, 0.6) is 0 Å². The van der Waals surface area contributed by atoms with Gasteiger partial charge in [-0.3, -0.25) is 9.59 Å². The fourth-order valence-electron chi connectivity index (χ4n) is 2.95. The van der Waals surface area contributed by atoms with Crippen LogP contribution in [0, 0.1) is 6.92 Å². The van der Waals surface area contributed by atoms with Gasteiger partial charge in [-0.2, -0.15) is 0 Å². The number of benzene rings is 2. The first-order valence-corrected chi connectivity index (χ1v) is 8.51. The number of hydrogen-bond acceptors (Lipinski definition) is 2. The van der Waals surface area contributed by atoms with Crippen molar-refractivity contribution in [3.8, 4) is 0 Å². The SMILES string of the molecule is CCC(=O)N(Cc1ccccc1)Cc1cc2cc(C)ccc2[nH]c1=O. The third-order valence-electron chi connectivity index (χ3n) is 4.31. The third-order valence-corrected chi connectivity index (χ3v) is 4.31. The Hall–Kier alpha value is -2.88. The van der Waals surface area contributed by atoms with Gasteiger partial charge in [0.05, 0.1) is 6.54 Å². The first kappa shape index (κ1) is 17.0. The first-order valence-electron chi connectivity index (χ1n) is 8.51. The van der Waals surface area contributed by atoms with Crippen LogP contribution in [0.2, 0.25) is 0 Å². The van der Waals surface area contributed by atoms with Gasteiger partial charge < -0.3 is 9.88 Å². The zero-order valence-electron chi connectivity index (χ0n) is 14.6. The summed E-state index contributed by atoms with van der Waals surface area (Å²) in [6.07, 6.45) is 0.414. The Morgan fingerprint density at radius 2 is 1.80 bits per heavy atom. The molecule has 2 aromatic carbocycles. The number of pyridine rings is 1. The molecule has 0 saturated carbocycles. The van der Waals surface area contributed by atoms with Crippen molar-refractivity contribution in [3.05, 3.63) is 81.6 Å². The van der Waals surface area contributed by atoms with Gasteiger partial charge in [0.1, 0.15) is 0 Å². The number of hydrogen-bond donors (Lipinski definition) is 1. The molecule has 128 valence electrons. The van der Waals surface area contributed by atoms with Crippen LogP contribution < -0.4 is 5.56 Å². The fourth-order valence-corrected chi connectivity index (χ4v) is 2.95. The Morgan fingerprint density at radius 3 is 2.52 bits per heavy atom. The number of nitrogens with one attached hydrogen (secondary N) is 1. The molecule has 0 unspecified atom stereocenters. The Balaban J connectivity index is 1.93. The molecule has 3 aromatic rings. The maximum absolute atomic E-state index is 12.4. The molecule has 0 aliphatic heterocycles. The molecule has 3 rings (SSSR count). The van der Waals surface area contributed by atoms with Gasteiger partial charge in [0, 0.05) is 24.0 Å². The van der Waals surface area contributed by atoms with E-state index in [2.05, 4.69) is 4.98 Å². The molecule has 1 amide bonds. The highest BCUT2D eigenvalue weighted by molar-refractivity contribution is 5.80. The number of amides is 1. The Kier molecular flexibility index (Phi) is 4.98. The van der Waals surface area contributed by atoms with Gasteiger partial charge in [0.15, 0.2) is 0 Å². The molecule has 0 atom stereocenters. The molecule has 0 fully saturated rings. The van der Waals surface area contributed by atoms with E-state index in [1.807, 2.05) is 68.4 Å². The second kappa shape index (κ2) is 7.34. The van der Waals surface area contributed by atoms with Crippen molar-refractivity contribution in [2.24, 2.45) is 0 Å².